The maximum absolute atomic E-state index is 12.6. The maximum Gasteiger partial charge on any atom is 0.240 e. The van der Waals surface area contributed by atoms with Gasteiger partial charge in [-0.1, -0.05) is 42.5 Å². The van der Waals surface area contributed by atoms with E-state index < -0.39 is 0 Å². The first kappa shape index (κ1) is 19.2. The van der Waals surface area contributed by atoms with Gasteiger partial charge in [-0.3, -0.25) is 9.59 Å². The Kier molecular flexibility index (Phi) is 5.89. The minimum atomic E-state index is -0.0704. The highest BCUT2D eigenvalue weighted by molar-refractivity contribution is 5.83. The molecule has 4 rings (SSSR count). The van der Waals surface area contributed by atoms with Crippen LogP contribution in [0.5, 0.6) is 0 Å². The number of aromatic nitrogens is 2. The highest BCUT2D eigenvalue weighted by Gasteiger charge is 2.22. The third-order valence-corrected chi connectivity index (χ3v) is 5.38. The molecule has 0 aliphatic carbocycles. The predicted molar refractivity (Wildman–Crippen MR) is 112 cm³/mol. The summed E-state index contributed by atoms with van der Waals surface area (Å²) in [5, 5.41) is 2.99. The fourth-order valence-electron chi connectivity index (χ4n) is 3.84. The zero-order chi connectivity index (χ0) is 20.1. The molecule has 1 aromatic heterocycles. The fourth-order valence-corrected chi connectivity index (χ4v) is 3.84. The number of carbonyl (C=O) groups excluding carboxylic acids is 2. The van der Waals surface area contributed by atoms with E-state index in [4.69, 9.17) is 0 Å². The lowest BCUT2D eigenvalue weighted by atomic mass is 10.1. The van der Waals surface area contributed by atoms with Gasteiger partial charge in [-0.25, -0.2) is 4.98 Å². The molecule has 0 spiro atoms. The maximum atomic E-state index is 12.6. The largest absolute Gasteiger partial charge is 0.354 e. The van der Waals surface area contributed by atoms with Gasteiger partial charge < -0.3 is 14.8 Å². The molecule has 0 unspecified atom stereocenters. The molecule has 2 heterocycles. The van der Waals surface area contributed by atoms with E-state index in [9.17, 15) is 9.59 Å². The van der Waals surface area contributed by atoms with Crippen LogP contribution in [0.3, 0.4) is 0 Å². The van der Waals surface area contributed by atoms with Crippen LogP contribution in [0.15, 0.2) is 54.6 Å². The summed E-state index contributed by atoms with van der Waals surface area (Å²) >= 11 is 0. The Morgan fingerprint density at radius 3 is 2.48 bits per heavy atom. The summed E-state index contributed by atoms with van der Waals surface area (Å²) in [5.41, 5.74) is 2.89. The quantitative estimate of drug-likeness (QED) is 0.674. The number of nitrogens with one attached hydrogen (secondary N) is 1. The van der Waals surface area contributed by atoms with Crippen molar-refractivity contribution in [1.29, 1.82) is 0 Å². The number of likely N-dealkylation sites (tertiary alicyclic amines) is 1. The standard InChI is InChI=1S/C23H26N4O2/c28-22(24-13-12-18-8-2-1-3-9-18)17-27-20-11-5-4-10-19(20)25-21(27)16-23(29)26-14-6-7-15-26/h1-5,8-11H,6-7,12-17H2,(H,24,28). The molecule has 0 saturated carbocycles. The minimum Gasteiger partial charge on any atom is -0.354 e. The van der Waals surface area contributed by atoms with E-state index in [2.05, 4.69) is 22.4 Å². The average Bonchev–Trinajstić information content (AvgIpc) is 3.38. The van der Waals surface area contributed by atoms with Gasteiger partial charge in [-0.05, 0) is 37.0 Å². The molecule has 2 amide bonds. The summed E-state index contributed by atoms with van der Waals surface area (Å²) in [6.07, 6.45) is 3.14. The summed E-state index contributed by atoms with van der Waals surface area (Å²) in [6, 6.07) is 17.8. The first-order valence-electron chi connectivity index (χ1n) is 10.2. The van der Waals surface area contributed by atoms with E-state index in [1.54, 1.807) is 0 Å². The van der Waals surface area contributed by atoms with Gasteiger partial charge in [0.1, 0.15) is 12.4 Å². The highest BCUT2D eigenvalue weighted by Crippen LogP contribution is 2.18. The monoisotopic (exact) mass is 390 g/mol. The molecule has 0 atom stereocenters. The van der Waals surface area contributed by atoms with E-state index >= 15 is 0 Å². The van der Waals surface area contributed by atoms with Crippen LogP contribution in [-0.4, -0.2) is 45.9 Å². The lowest BCUT2D eigenvalue weighted by Crippen LogP contribution is -2.32. The van der Waals surface area contributed by atoms with E-state index in [0.29, 0.717) is 12.4 Å². The van der Waals surface area contributed by atoms with Crippen molar-refractivity contribution in [3.05, 3.63) is 66.0 Å². The Labute approximate surface area is 170 Å². The van der Waals surface area contributed by atoms with E-state index in [0.717, 1.165) is 43.4 Å². The van der Waals surface area contributed by atoms with Crippen LogP contribution in [0.4, 0.5) is 0 Å². The molecule has 150 valence electrons. The summed E-state index contributed by atoms with van der Waals surface area (Å²) in [5.74, 6) is 0.670. The van der Waals surface area contributed by atoms with Crippen LogP contribution in [0, 0.1) is 0 Å². The third-order valence-electron chi connectivity index (χ3n) is 5.38. The number of para-hydroxylation sites is 2. The molecule has 0 bridgehead atoms. The number of amides is 2. The van der Waals surface area contributed by atoms with Gasteiger partial charge in [-0.15, -0.1) is 0 Å². The van der Waals surface area contributed by atoms with Crippen molar-refractivity contribution in [2.45, 2.75) is 32.2 Å². The molecule has 29 heavy (non-hydrogen) atoms. The van der Waals surface area contributed by atoms with Crippen LogP contribution in [-0.2, 0) is 29.0 Å². The Balaban J connectivity index is 1.44. The normalized spacial score (nSPS) is 13.7. The minimum absolute atomic E-state index is 0.0704. The fraction of sp³-hybridized carbons (Fsp3) is 0.348. The molecule has 1 N–H and O–H groups in total. The van der Waals surface area contributed by atoms with Crippen molar-refractivity contribution in [3.8, 4) is 0 Å². The second-order valence-electron chi connectivity index (χ2n) is 7.45. The van der Waals surface area contributed by atoms with Crippen LogP contribution in [0.1, 0.15) is 24.2 Å². The second kappa shape index (κ2) is 8.90. The van der Waals surface area contributed by atoms with Crippen LogP contribution >= 0.6 is 0 Å². The van der Waals surface area contributed by atoms with E-state index in [1.165, 1.54) is 5.56 Å². The van der Waals surface area contributed by atoms with Gasteiger partial charge in [0.05, 0.1) is 17.5 Å². The highest BCUT2D eigenvalue weighted by atomic mass is 16.2. The first-order chi connectivity index (χ1) is 14.2. The summed E-state index contributed by atoms with van der Waals surface area (Å²) in [4.78, 5) is 31.7. The SMILES string of the molecule is O=C(Cn1c(CC(=O)N2CCCC2)nc2ccccc21)NCCc1ccccc1. The van der Waals surface area contributed by atoms with Gasteiger partial charge in [-0.2, -0.15) is 0 Å². The number of hydrogen-bond donors (Lipinski definition) is 1. The van der Waals surface area contributed by atoms with Gasteiger partial charge in [0.15, 0.2) is 0 Å². The van der Waals surface area contributed by atoms with Crippen molar-refractivity contribution in [3.63, 3.8) is 0 Å². The molecule has 1 aliphatic heterocycles. The summed E-state index contributed by atoms with van der Waals surface area (Å²) in [6.45, 7) is 2.38. The number of hydrogen-bond acceptors (Lipinski definition) is 3. The summed E-state index contributed by atoms with van der Waals surface area (Å²) in [7, 11) is 0. The number of imidazole rings is 1. The van der Waals surface area contributed by atoms with Crippen molar-refractivity contribution >= 4 is 22.8 Å². The Morgan fingerprint density at radius 1 is 0.966 bits per heavy atom. The molecule has 1 saturated heterocycles. The molecule has 1 fully saturated rings. The van der Waals surface area contributed by atoms with Crippen LogP contribution < -0.4 is 5.32 Å². The molecular formula is C23H26N4O2. The van der Waals surface area contributed by atoms with E-state index in [1.807, 2.05) is 51.9 Å². The third kappa shape index (κ3) is 4.65. The van der Waals surface area contributed by atoms with Crippen molar-refractivity contribution < 1.29 is 9.59 Å². The van der Waals surface area contributed by atoms with Crippen LogP contribution in [0.2, 0.25) is 0 Å². The van der Waals surface area contributed by atoms with Crippen LogP contribution in [0.25, 0.3) is 11.0 Å². The Bertz CT molecular complexity index is 991. The van der Waals surface area contributed by atoms with Gasteiger partial charge in [0.25, 0.3) is 0 Å². The number of rotatable bonds is 7. The number of carbonyl (C=O) groups is 2. The lowest BCUT2D eigenvalue weighted by Gasteiger charge is -2.15. The van der Waals surface area contributed by atoms with Crippen molar-refractivity contribution in [2.24, 2.45) is 0 Å². The lowest BCUT2D eigenvalue weighted by molar-refractivity contribution is -0.129. The average molecular weight is 390 g/mol. The number of fused-ring (bicyclic) bond motifs is 1. The van der Waals surface area contributed by atoms with Crippen molar-refractivity contribution in [2.75, 3.05) is 19.6 Å². The van der Waals surface area contributed by atoms with E-state index in [-0.39, 0.29) is 24.8 Å². The molecule has 0 radical (unpaired) electrons. The second-order valence-corrected chi connectivity index (χ2v) is 7.45. The number of benzene rings is 2. The molecule has 3 aromatic rings. The van der Waals surface area contributed by atoms with Gasteiger partial charge >= 0.3 is 0 Å². The molecule has 6 nitrogen and oxygen atoms in total. The van der Waals surface area contributed by atoms with Gasteiger partial charge in [0.2, 0.25) is 11.8 Å². The first-order valence-corrected chi connectivity index (χ1v) is 10.2. The van der Waals surface area contributed by atoms with Gasteiger partial charge in [0, 0.05) is 19.6 Å². The molecule has 2 aromatic carbocycles. The Hall–Kier alpha value is -3.15. The zero-order valence-electron chi connectivity index (χ0n) is 16.5. The molecule has 6 heteroatoms. The topological polar surface area (TPSA) is 67.2 Å². The predicted octanol–water partition coefficient (Wildman–Crippen LogP) is 2.56. The smallest absolute Gasteiger partial charge is 0.240 e. The van der Waals surface area contributed by atoms with Crippen molar-refractivity contribution in [1.82, 2.24) is 19.8 Å². The molecular weight excluding hydrogens is 364 g/mol. The molecule has 1 aliphatic rings. The zero-order valence-corrected chi connectivity index (χ0v) is 16.5. The summed E-state index contributed by atoms with van der Waals surface area (Å²) < 4.78 is 1.88. The Morgan fingerprint density at radius 2 is 1.69 bits per heavy atom. The number of nitrogens with zero attached hydrogens (tertiary/aromatic N) is 3.